The van der Waals surface area contributed by atoms with Gasteiger partial charge < -0.3 is 30.2 Å². The van der Waals surface area contributed by atoms with Crippen molar-refractivity contribution >= 4 is 11.6 Å². The van der Waals surface area contributed by atoms with E-state index in [4.69, 9.17) is 10.5 Å². The van der Waals surface area contributed by atoms with Crippen LogP contribution in [0.2, 0.25) is 0 Å². The molecule has 2 N–H and O–H groups in total. The van der Waals surface area contributed by atoms with Gasteiger partial charge in [-0.1, -0.05) is 61.5 Å². The molecule has 4 aromatic rings. The maximum Gasteiger partial charge on any atom is 1.00 e. The largest absolute Gasteiger partial charge is 1.00 e. The summed E-state index contributed by atoms with van der Waals surface area (Å²) in [6.07, 6.45) is 6.90. The monoisotopic (exact) mass is 785 g/mol. The Balaban J connectivity index is 0.000000396. The molecule has 2 aliphatic heterocycles. The summed E-state index contributed by atoms with van der Waals surface area (Å²) in [4.78, 5) is 10.2. The molecule has 0 amide bonds. The van der Waals surface area contributed by atoms with Crippen LogP contribution in [0.1, 0.15) is 66.0 Å². The average Bonchev–Trinajstić information content (AvgIpc) is 3.07. The maximum atomic E-state index is 9.26. The Labute approximate surface area is 363 Å². The van der Waals surface area contributed by atoms with Gasteiger partial charge in [0.15, 0.2) is 5.75 Å². The first-order chi connectivity index (χ1) is 18.1. The quantitative estimate of drug-likeness (QED) is 0.316. The van der Waals surface area contributed by atoms with Gasteiger partial charge in [-0.05, 0) is 59.7 Å². The number of aromatic nitrogens is 2. The van der Waals surface area contributed by atoms with E-state index < -0.39 is 0 Å². The molecule has 0 spiro atoms. The zero-order valence-electron chi connectivity index (χ0n) is 25.0. The SMILES string of the molecule is C[C@H]1c2ccccc2C2CCCCN2c2ccc(C#N)cc21.Nc1ncc(OCc2ccccc2)cn1.[CH3-].[CH3-].[Cs+].[Cs+]. The normalized spacial score (nSPS) is 15.9. The summed E-state index contributed by atoms with van der Waals surface area (Å²) in [6.45, 7) is 3.90. The number of ether oxygens (including phenoxy) is 1. The Morgan fingerprint density at radius 1 is 0.902 bits per heavy atom. The molecule has 0 radical (unpaired) electrons. The molecule has 1 unspecified atom stereocenters. The van der Waals surface area contributed by atoms with Crippen LogP contribution in [0, 0.1) is 26.2 Å². The van der Waals surface area contributed by atoms with Crippen molar-refractivity contribution in [1.29, 1.82) is 5.26 Å². The molecular weight excluding hydrogens is 748 g/mol. The third-order valence-electron chi connectivity index (χ3n) is 7.15. The number of hydrogen-bond donors (Lipinski definition) is 1. The van der Waals surface area contributed by atoms with Crippen molar-refractivity contribution in [3.05, 3.63) is 128 Å². The Hall–Kier alpha value is -0.266. The van der Waals surface area contributed by atoms with Crippen LogP contribution in [-0.4, -0.2) is 16.5 Å². The van der Waals surface area contributed by atoms with E-state index in [1.54, 1.807) is 12.4 Å². The van der Waals surface area contributed by atoms with Crippen LogP contribution >= 0.6 is 0 Å². The minimum atomic E-state index is 0. The standard InChI is InChI=1S/C20H20N2.C11H11N3O.2CH3.2Cs/c1-14-16-6-2-3-7-17(16)19-8-4-5-11-22(19)20-10-9-15(13-21)12-18(14)20;12-11-13-6-10(7-14-11)15-8-9-4-2-1-3-5-9;;;;/h2-3,6-7,9-10,12,14,19H,4-5,8,11H2,1H3;1-7H,8H2,(H2,12,13,14);2*1H3;;/q;;2*-1;2*+1/t14-,19?;;;;;/m0...../s1. The predicted octanol–water partition coefficient (Wildman–Crippen LogP) is 1.30. The summed E-state index contributed by atoms with van der Waals surface area (Å²) in [5.74, 6) is 1.21. The molecule has 2 atom stereocenters. The van der Waals surface area contributed by atoms with E-state index in [0.29, 0.717) is 24.3 Å². The second-order valence-electron chi connectivity index (χ2n) is 9.49. The average molecular weight is 786 g/mol. The van der Waals surface area contributed by atoms with Gasteiger partial charge in [0.05, 0.1) is 30.1 Å². The van der Waals surface area contributed by atoms with Crippen LogP contribution in [0.3, 0.4) is 0 Å². The van der Waals surface area contributed by atoms with Crippen molar-refractivity contribution in [2.45, 2.75) is 44.8 Å². The molecule has 41 heavy (non-hydrogen) atoms. The Morgan fingerprint density at radius 3 is 2.24 bits per heavy atom. The smallest absolute Gasteiger partial charge is 0.486 e. The molecule has 0 saturated carbocycles. The Bertz CT molecular complexity index is 1390. The summed E-state index contributed by atoms with van der Waals surface area (Å²) in [7, 11) is 0. The third kappa shape index (κ3) is 9.86. The molecule has 2 aliphatic rings. The summed E-state index contributed by atoms with van der Waals surface area (Å²) in [5, 5.41) is 9.26. The van der Waals surface area contributed by atoms with E-state index in [2.05, 4.69) is 64.3 Å². The third-order valence-corrected chi connectivity index (χ3v) is 7.15. The maximum absolute atomic E-state index is 9.26. The van der Waals surface area contributed by atoms with Gasteiger partial charge in [-0.3, -0.25) is 0 Å². The second kappa shape index (κ2) is 19.2. The van der Waals surface area contributed by atoms with Gasteiger partial charge >= 0.3 is 138 Å². The van der Waals surface area contributed by atoms with E-state index in [9.17, 15) is 5.26 Å². The molecule has 6 rings (SSSR count). The number of benzene rings is 3. The van der Waals surface area contributed by atoms with E-state index in [1.807, 2.05) is 36.4 Å². The van der Waals surface area contributed by atoms with Crippen molar-refractivity contribution in [1.82, 2.24) is 9.97 Å². The number of nitriles is 1. The Morgan fingerprint density at radius 2 is 1.56 bits per heavy atom. The van der Waals surface area contributed by atoms with Crippen LogP contribution in [0.15, 0.2) is 85.2 Å². The molecule has 6 nitrogen and oxygen atoms in total. The summed E-state index contributed by atoms with van der Waals surface area (Å²) in [6, 6.07) is 27.8. The Kier molecular flexibility index (Phi) is 18.1. The second-order valence-corrected chi connectivity index (χ2v) is 9.49. The van der Waals surface area contributed by atoms with Crippen LogP contribution in [0.4, 0.5) is 11.6 Å². The van der Waals surface area contributed by atoms with Gasteiger partial charge in [0.2, 0.25) is 5.95 Å². The molecule has 0 aliphatic carbocycles. The van der Waals surface area contributed by atoms with Crippen molar-refractivity contribution in [3.8, 4) is 11.8 Å². The van der Waals surface area contributed by atoms with Gasteiger partial charge in [0, 0.05) is 18.2 Å². The molecule has 1 saturated heterocycles. The zero-order valence-corrected chi connectivity index (χ0v) is 37.6. The van der Waals surface area contributed by atoms with Gasteiger partial charge in [-0.2, -0.15) is 5.26 Å². The minimum Gasteiger partial charge on any atom is -0.486 e. The van der Waals surface area contributed by atoms with Gasteiger partial charge in [-0.25, -0.2) is 9.97 Å². The van der Waals surface area contributed by atoms with Gasteiger partial charge in [0.25, 0.3) is 0 Å². The van der Waals surface area contributed by atoms with Crippen LogP contribution in [0.5, 0.6) is 5.75 Å². The van der Waals surface area contributed by atoms with Gasteiger partial charge in [0.1, 0.15) is 6.61 Å². The summed E-state index contributed by atoms with van der Waals surface area (Å²) in [5.41, 5.74) is 12.8. The van der Waals surface area contributed by atoms with Crippen molar-refractivity contribution in [2.75, 3.05) is 17.2 Å². The molecule has 0 bridgehead atoms. The number of fused-ring (bicyclic) bond motifs is 5. The summed E-state index contributed by atoms with van der Waals surface area (Å²) >= 11 is 0. The van der Waals surface area contributed by atoms with Crippen molar-refractivity contribution < 1.29 is 143 Å². The first-order valence-corrected chi connectivity index (χ1v) is 12.8. The van der Waals surface area contributed by atoms with Crippen LogP contribution < -0.4 is 153 Å². The zero-order chi connectivity index (χ0) is 25.6. The molecule has 8 heteroatoms. The first kappa shape index (κ1) is 38.8. The molecule has 202 valence electrons. The number of piperidine rings is 1. The van der Waals surface area contributed by atoms with Crippen LogP contribution in [0.25, 0.3) is 0 Å². The predicted molar refractivity (Wildman–Crippen MR) is 159 cm³/mol. The summed E-state index contributed by atoms with van der Waals surface area (Å²) < 4.78 is 5.47. The molecule has 3 aromatic carbocycles. The molecular formula is C33H37Cs2N5O. The number of hydrogen-bond acceptors (Lipinski definition) is 6. The first-order valence-electron chi connectivity index (χ1n) is 12.8. The van der Waals surface area contributed by atoms with E-state index in [1.165, 1.54) is 41.6 Å². The van der Waals surface area contributed by atoms with E-state index >= 15 is 0 Å². The fourth-order valence-corrected chi connectivity index (χ4v) is 5.29. The van der Waals surface area contributed by atoms with Crippen molar-refractivity contribution in [3.63, 3.8) is 0 Å². The topological polar surface area (TPSA) is 88.1 Å². The minimum absolute atomic E-state index is 0. The molecule has 3 heterocycles. The number of nitrogens with two attached hydrogens (primary N) is 1. The van der Waals surface area contributed by atoms with Crippen LogP contribution in [-0.2, 0) is 6.61 Å². The number of nitrogens with zero attached hydrogens (tertiary/aromatic N) is 4. The fourth-order valence-electron chi connectivity index (χ4n) is 5.29. The number of anilines is 2. The van der Waals surface area contributed by atoms with E-state index in [-0.39, 0.29) is 159 Å². The number of nitrogen functional groups attached to an aromatic ring is 1. The fraction of sp³-hybridized carbons (Fsp3) is 0.242. The number of rotatable bonds is 3. The van der Waals surface area contributed by atoms with Crippen molar-refractivity contribution in [2.24, 2.45) is 0 Å². The van der Waals surface area contributed by atoms with E-state index in [0.717, 1.165) is 17.7 Å². The van der Waals surface area contributed by atoms with Gasteiger partial charge in [-0.15, -0.1) is 0 Å². The molecule has 1 aromatic heterocycles. The molecule has 1 fully saturated rings.